The average molecular weight is 113 g/mol. The predicted molar refractivity (Wildman–Crippen MR) is 32.3 cm³/mol. The molecule has 2 nitrogen and oxygen atoms in total. The highest BCUT2D eigenvalue weighted by atomic mass is 16.7. The summed E-state index contributed by atoms with van der Waals surface area (Å²) >= 11 is 0. The molecule has 1 aliphatic rings. The summed E-state index contributed by atoms with van der Waals surface area (Å²) in [7, 11) is 1.92. The van der Waals surface area contributed by atoms with Gasteiger partial charge in [-0.2, -0.15) is 5.06 Å². The minimum absolute atomic E-state index is 0.801. The first-order valence-electron chi connectivity index (χ1n) is 2.80. The fourth-order valence-corrected chi connectivity index (χ4v) is 0.785. The summed E-state index contributed by atoms with van der Waals surface area (Å²) in [6, 6.07) is 0. The van der Waals surface area contributed by atoms with E-state index in [9.17, 15) is 0 Å². The fraction of sp³-hybridized carbons (Fsp3) is 0.667. The van der Waals surface area contributed by atoms with Crippen molar-refractivity contribution >= 4 is 0 Å². The van der Waals surface area contributed by atoms with Crippen molar-refractivity contribution in [2.75, 3.05) is 20.2 Å². The summed E-state index contributed by atoms with van der Waals surface area (Å²) in [6.45, 7) is 5.53. The third-order valence-corrected chi connectivity index (χ3v) is 1.21. The summed E-state index contributed by atoms with van der Waals surface area (Å²) in [4.78, 5) is 5.12. The SMILES string of the molecule is C=C1CCON(C)C1. The van der Waals surface area contributed by atoms with Gasteiger partial charge in [0.2, 0.25) is 0 Å². The van der Waals surface area contributed by atoms with Gasteiger partial charge in [0.05, 0.1) is 6.61 Å². The molecule has 1 aliphatic heterocycles. The third kappa shape index (κ3) is 1.32. The van der Waals surface area contributed by atoms with Crippen LogP contribution in [-0.4, -0.2) is 25.3 Å². The van der Waals surface area contributed by atoms with Gasteiger partial charge in [0.15, 0.2) is 0 Å². The molecule has 1 saturated heterocycles. The van der Waals surface area contributed by atoms with Crippen molar-refractivity contribution in [3.8, 4) is 0 Å². The number of hydroxylamine groups is 2. The van der Waals surface area contributed by atoms with Crippen molar-refractivity contribution in [2.24, 2.45) is 0 Å². The highest BCUT2D eigenvalue weighted by Crippen LogP contribution is 2.07. The first kappa shape index (κ1) is 5.79. The lowest BCUT2D eigenvalue weighted by Crippen LogP contribution is -2.27. The van der Waals surface area contributed by atoms with Crippen LogP contribution in [0.1, 0.15) is 6.42 Å². The second-order valence-corrected chi connectivity index (χ2v) is 2.12. The Morgan fingerprint density at radius 2 is 2.50 bits per heavy atom. The van der Waals surface area contributed by atoms with E-state index in [2.05, 4.69) is 6.58 Å². The zero-order valence-electron chi connectivity index (χ0n) is 5.18. The van der Waals surface area contributed by atoms with Crippen LogP contribution in [0.15, 0.2) is 12.2 Å². The Labute approximate surface area is 49.7 Å². The summed E-state index contributed by atoms with van der Waals surface area (Å²) < 4.78 is 0. The van der Waals surface area contributed by atoms with Gasteiger partial charge in [0.25, 0.3) is 0 Å². The van der Waals surface area contributed by atoms with E-state index in [4.69, 9.17) is 4.84 Å². The molecule has 0 aromatic carbocycles. The molecule has 0 unspecified atom stereocenters. The van der Waals surface area contributed by atoms with Crippen molar-refractivity contribution < 1.29 is 4.84 Å². The van der Waals surface area contributed by atoms with E-state index < -0.39 is 0 Å². The Bertz CT molecular complexity index is 101. The second kappa shape index (κ2) is 2.29. The molecule has 0 atom stereocenters. The topological polar surface area (TPSA) is 12.5 Å². The summed E-state index contributed by atoms with van der Waals surface area (Å²) in [5.41, 5.74) is 1.26. The molecule has 46 valence electrons. The molecule has 8 heavy (non-hydrogen) atoms. The van der Waals surface area contributed by atoms with Crippen LogP contribution < -0.4 is 0 Å². The van der Waals surface area contributed by atoms with E-state index >= 15 is 0 Å². The Kier molecular flexibility index (Phi) is 1.65. The quantitative estimate of drug-likeness (QED) is 0.431. The minimum atomic E-state index is 0.801. The van der Waals surface area contributed by atoms with Gasteiger partial charge < -0.3 is 0 Å². The predicted octanol–water partition coefficient (Wildman–Crippen LogP) is 0.810. The van der Waals surface area contributed by atoms with Crippen LogP contribution in [0.5, 0.6) is 0 Å². The Balaban J connectivity index is 2.34. The Hall–Kier alpha value is -0.340. The summed E-state index contributed by atoms with van der Waals surface area (Å²) in [5, 5.41) is 1.81. The lowest BCUT2D eigenvalue weighted by atomic mass is 10.2. The normalized spacial score (nSPS) is 23.9. The molecule has 1 fully saturated rings. The van der Waals surface area contributed by atoms with Gasteiger partial charge >= 0.3 is 0 Å². The largest absolute Gasteiger partial charge is 0.299 e. The zero-order chi connectivity index (χ0) is 5.98. The monoisotopic (exact) mass is 113 g/mol. The first-order valence-corrected chi connectivity index (χ1v) is 2.80. The second-order valence-electron chi connectivity index (χ2n) is 2.12. The molecule has 0 aromatic heterocycles. The molecule has 0 amide bonds. The van der Waals surface area contributed by atoms with E-state index in [1.54, 1.807) is 0 Å². The molecule has 0 aromatic rings. The maximum absolute atomic E-state index is 5.12. The molecule has 2 heteroatoms. The van der Waals surface area contributed by atoms with E-state index in [1.807, 2.05) is 12.1 Å². The first-order chi connectivity index (χ1) is 3.79. The lowest BCUT2D eigenvalue weighted by Gasteiger charge is -2.22. The molecule has 0 saturated carbocycles. The van der Waals surface area contributed by atoms with Crippen molar-refractivity contribution in [3.63, 3.8) is 0 Å². The highest BCUT2D eigenvalue weighted by Gasteiger charge is 2.07. The van der Waals surface area contributed by atoms with Gasteiger partial charge in [-0.05, 0) is 6.42 Å². The maximum Gasteiger partial charge on any atom is 0.0722 e. The minimum Gasteiger partial charge on any atom is -0.299 e. The van der Waals surface area contributed by atoms with Crippen molar-refractivity contribution in [1.82, 2.24) is 5.06 Å². The molecular weight excluding hydrogens is 102 g/mol. The Morgan fingerprint density at radius 3 is 2.88 bits per heavy atom. The van der Waals surface area contributed by atoms with Crippen LogP contribution in [0, 0.1) is 0 Å². The molecule has 1 heterocycles. The lowest BCUT2D eigenvalue weighted by molar-refractivity contribution is -0.147. The summed E-state index contributed by atoms with van der Waals surface area (Å²) in [5.74, 6) is 0. The molecule has 0 bridgehead atoms. The van der Waals surface area contributed by atoms with Gasteiger partial charge in [0.1, 0.15) is 0 Å². The molecule has 0 N–H and O–H groups in total. The average Bonchev–Trinajstić information content (AvgIpc) is 1.64. The fourth-order valence-electron chi connectivity index (χ4n) is 0.785. The van der Waals surface area contributed by atoms with Crippen LogP contribution in [0.25, 0.3) is 0 Å². The number of rotatable bonds is 0. The van der Waals surface area contributed by atoms with Crippen LogP contribution in [0.2, 0.25) is 0 Å². The molecular formula is C6H11NO. The number of likely N-dealkylation sites (N-methyl/N-ethyl adjacent to an activating group) is 1. The van der Waals surface area contributed by atoms with E-state index in [0.29, 0.717) is 0 Å². The van der Waals surface area contributed by atoms with Crippen LogP contribution in [-0.2, 0) is 4.84 Å². The van der Waals surface area contributed by atoms with Crippen molar-refractivity contribution in [2.45, 2.75) is 6.42 Å². The molecule has 0 aliphatic carbocycles. The number of nitrogens with zero attached hydrogens (tertiary/aromatic N) is 1. The number of hydrogen-bond acceptors (Lipinski definition) is 2. The smallest absolute Gasteiger partial charge is 0.0722 e. The Morgan fingerprint density at radius 1 is 1.75 bits per heavy atom. The van der Waals surface area contributed by atoms with Crippen LogP contribution >= 0.6 is 0 Å². The third-order valence-electron chi connectivity index (χ3n) is 1.21. The standard InChI is InChI=1S/C6H11NO/c1-6-3-4-8-7(2)5-6/h1,3-5H2,2H3. The van der Waals surface area contributed by atoms with Crippen molar-refractivity contribution in [3.05, 3.63) is 12.2 Å². The van der Waals surface area contributed by atoms with Crippen LogP contribution in [0.4, 0.5) is 0 Å². The number of hydrogen-bond donors (Lipinski definition) is 0. The van der Waals surface area contributed by atoms with Crippen molar-refractivity contribution in [1.29, 1.82) is 0 Å². The van der Waals surface area contributed by atoms with E-state index in [0.717, 1.165) is 19.6 Å². The maximum atomic E-state index is 5.12. The van der Waals surface area contributed by atoms with Gasteiger partial charge in [0, 0.05) is 13.6 Å². The molecule has 1 rings (SSSR count). The van der Waals surface area contributed by atoms with Gasteiger partial charge in [-0.3, -0.25) is 4.84 Å². The molecule has 0 radical (unpaired) electrons. The summed E-state index contributed by atoms with van der Waals surface area (Å²) in [6.07, 6.45) is 1.02. The van der Waals surface area contributed by atoms with Crippen LogP contribution in [0.3, 0.4) is 0 Å². The van der Waals surface area contributed by atoms with E-state index in [1.165, 1.54) is 5.57 Å². The highest BCUT2D eigenvalue weighted by molar-refractivity contribution is 4.97. The zero-order valence-corrected chi connectivity index (χ0v) is 5.18. The van der Waals surface area contributed by atoms with Gasteiger partial charge in [-0.25, -0.2) is 0 Å². The van der Waals surface area contributed by atoms with Gasteiger partial charge in [-0.1, -0.05) is 12.2 Å². The molecule has 0 spiro atoms. The van der Waals surface area contributed by atoms with Gasteiger partial charge in [-0.15, -0.1) is 0 Å². The van der Waals surface area contributed by atoms with E-state index in [-0.39, 0.29) is 0 Å².